The fraction of sp³-hybridized carbons (Fsp3) is 0.538. The average molecular weight is 277 g/mol. The molecule has 2 fully saturated rings. The third kappa shape index (κ3) is 1.71. The van der Waals surface area contributed by atoms with Crippen molar-refractivity contribution in [3.05, 3.63) is 17.5 Å². The molecule has 1 aromatic rings. The van der Waals surface area contributed by atoms with Gasteiger partial charge in [-0.3, -0.25) is 9.69 Å². The van der Waals surface area contributed by atoms with Crippen LogP contribution < -0.4 is 4.90 Å². The van der Waals surface area contributed by atoms with E-state index in [9.17, 15) is 10.1 Å². The summed E-state index contributed by atoms with van der Waals surface area (Å²) in [7, 11) is 0. The summed E-state index contributed by atoms with van der Waals surface area (Å²) in [6.45, 7) is 2.47. The summed E-state index contributed by atoms with van der Waals surface area (Å²) >= 11 is 5.76. The molecule has 1 amide bonds. The fourth-order valence-electron chi connectivity index (χ4n) is 2.97. The van der Waals surface area contributed by atoms with Crippen molar-refractivity contribution in [3.8, 4) is 6.07 Å². The molecule has 6 heteroatoms. The summed E-state index contributed by atoms with van der Waals surface area (Å²) < 4.78 is 0. The molecule has 1 aliphatic heterocycles. The molecule has 0 radical (unpaired) electrons. The number of nitrogens with zero attached hydrogens (tertiary/aromatic N) is 4. The Morgan fingerprint density at radius 3 is 2.89 bits per heavy atom. The van der Waals surface area contributed by atoms with Crippen LogP contribution in [0.2, 0.25) is 5.28 Å². The predicted octanol–water partition coefficient (Wildman–Crippen LogP) is 2.03. The number of carbonyl (C=O) groups excluding carboxylic acids is 1. The highest BCUT2D eigenvalue weighted by molar-refractivity contribution is 6.28. The van der Waals surface area contributed by atoms with Gasteiger partial charge in [-0.15, -0.1) is 0 Å². The molecule has 0 bridgehead atoms. The Morgan fingerprint density at radius 1 is 1.58 bits per heavy atom. The quantitative estimate of drug-likeness (QED) is 0.775. The SMILES string of the molecule is C[C@H]1CN(c2ccnc(Cl)n2)C(=O)[C@@]1(C#N)C1CC1. The van der Waals surface area contributed by atoms with Crippen molar-refractivity contribution in [3.63, 3.8) is 0 Å². The van der Waals surface area contributed by atoms with Crippen LogP contribution in [0.4, 0.5) is 5.82 Å². The topological polar surface area (TPSA) is 69.9 Å². The van der Waals surface area contributed by atoms with Gasteiger partial charge in [-0.1, -0.05) is 6.92 Å². The van der Waals surface area contributed by atoms with Crippen molar-refractivity contribution < 1.29 is 4.79 Å². The molecular formula is C13H13ClN4O. The number of amides is 1. The monoisotopic (exact) mass is 276 g/mol. The largest absolute Gasteiger partial charge is 0.295 e. The molecule has 1 saturated carbocycles. The zero-order valence-electron chi connectivity index (χ0n) is 10.5. The highest BCUT2D eigenvalue weighted by Gasteiger charge is 2.61. The summed E-state index contributed by atoms with van der Waals surface area (Å²) in [5, 5.41) is 9.64. The van der Waals surface area contributed by atoms with Gasteiger partial charge >= 0.3 is 0 Å². The first kappa shape index (κ1) is 12.4. The number of halogens is 1. The van der Waals surface area contributed by atoms with E-state index in [0.29, 0.717) is 12.4 Å². The van der Waals surface area contributed by atoms with E-state index >= 15 is 0 Å². The fourth-order valence-corrected chi connectivity index (χ4v) is 3.12. The molecule has 0 spiro atoms. The minimum absolute atomic E-state index is 0.00578. The molecule has 19 heavy (non-hydrogen) atoms. The first-order valence-electron chi connectivity index (χ1n) is 6.31. The maximum absolute atomic E-state index is 12.7. The summed E-state index contributed by atoms with van der Waals surface area (Å²) in [5.74, 6) is 0.544. The van der Waals surface area contributed by atoms with Crippen molar-refractivity contribution in [2.24, 2.45) is 17.3 Å². The number of hydrogen-bond acceptors (Lipinski definition) is 4. The average Bonchev–Trinajstić information content (AvgIpc) is 3.18. The lowest BCUT2D eigenvalue weighted by atomic mass is 9.75. The molecular weight excluding hydrogens is 264 g/mol. The smallest absolute Gasteiger partial charge is 0.249 e. The molecule has 3 rings (SSSR count). The van der Waals surface area contributed by atoms with Crippen molar-refractivity contribution in [2.45, 2.75) is 19.8 Å². The van der Waals surface area contributed by atoms with E-state index < -0.39 is 5.41 Å². The molecule has 0 N–H and O–H groups in total. The van der Waals surface area contributed by atoms with Gasteiger partial charge in [-0.25, -0.2) is 9.97 Å². The van der Waals surface area contributed by atoms with Gasteiger partial charge in [0.05, 0.1) is 6.07 Å². The van der Waals surface area contributed by atoms with Crippen LogP contribution in [0.15, 0.2) is 12.3 Å². The van der Waals surface area contributed by atoms with Crippen molar-refractivity contribution in [1.29, 1.82) is 5.26 Å². The normalized spacial score (nSPS) is 30.5. The van der Waals surface area contributed by atoms with Crippen LogP contribution in [0.1, 0.15) is 19.8 Å². The van der Waals surface area contributed by atoms with Gasteiger partial charge in [-0.05, 0) is 36.4 Å². The Labute approximate surface area is 116 Å². The Hall–Kier alpha value is -1.67. The van der Waals surface area contributed by atoms with Crippen LogP contribution in [0, 0.1) is 28.6 Å². The molecule has 2 aliphatic rings. The maximum Gasteiger partial charge on any atom is 0.249 e. The maximum atomic E-state index is 12.7. The van der Waals surface area contributed by atoms with Gasteiger partial charge in [0.15, 0.2) is 0 Å². The molecule has 1 saturated heterocycles. The number of anilines is 1. The summed E-state index contributed by atoms with van der Waals surface area (Å²) in [6, 6.07) is 3.94. The van der Waals surface area contributed by atoms with Crippen LogP contribution >= 0.6 is 11.6 Å². The first-order chi connectivity index (χ1) is 9.09. The van der Waals surface area contributed by atoms with E-state index in [0.717, 1.165) is 12.8 Å². The van der Waals surface area contributed by atoms with E-state index in [2.05, 4.69) is 16.0 Å². The second-order valence-corrected chi connectivity index (χ2v) is 5.59. The zero-order valence-corrected chi connectivity index (χ0v) is 11.3. The molecule has 0 aromatic carbocycles. The summed E-state index contributed by atoms with van der Waals surface area (Å²) in [6.07, 6.45) is 3.44. The van der Waals surface area contributed by atoms with Crippen LogP contribution in [0.3, 0.4) is 0 Å². The van der Waals surface area contributed by atoms with E-state index in [-0.39, 0.29) is 23.0 Å². The second kappa shape index (κ2) is 4.17. The van der Waals surface area contributed by atoms with Crippen LogP contribution in [0.5, 0.6) is 0 Å². The van der Waals surface area contributed by atoms with Gasteiger partial charge in [-0.2, -0.15) is 5.26 Å². The zero-order chi connectivity index (χ0) is 13.6. The lowest BCUT2D eigenvalue weighted by Gasteiger charge is -2.22. The highest BCUT2D eigenvalue weighted by atomic mass is 35.5. The van der Waals surface area contributed by atoms with Gasteiger partial charge < -0.3 is 0 Å². The third-order valence-electron chi connectivity index (χ3n) is 4.13. The van der Waals surface area contributed by atoms with E-state index in [1.165, 1.54) is 6.20 Å². The van der Waals surface area contributed by atoms with Crippen LogP contribution in [0.25, 0.3) is 0 Å². The Bertz CT molecular complexity index is 580. The molecule has 98 valence electrons. The van der Waals surface area contributed by atoms with Crippen molar-refractivity contribution in [2.75, 3.05) is 11.4 Å². The van der Waals surface area contributed by atoms with E-state index in [4.69, 9.17) is 11.6 Å². The predicted molar refractivity (Wildman–Crippen MR) is 69.3 cm³/mol. The van der Waals surface area contributed by atoms with Crippen molar-refractivity contribution >= 4 is 23.3 Å². The third-order valence-corrected chi connectivity index (χ3v) is 4.31. The van der Waals surface area contributed by atoms with Gasteiger partial charge in [0.2, 0.25) is 11.2 Å². The molecule has 5 nitrogen and oxygen atoms in total. The van der Waals surface area contributed by atoms with Gasteiger partial charge in [0.1, 0.15) is 11.2 Å². The number of carbonyl (C=O) groups is 1. The molecule has 1 aromatic heterocycles. The molecule has 2 heterocycles. The van der Waals surface area contributed by atoms with E-state index in [1.807, 2.05) is 6.92 Å². The molecule has 0 unspecified atom stereocenters. The number of nitriles is 1. The summed E-state index contributed by atoms with van der Waals surface area (Å²) in [5.41, 5.74) is -0.878. The number of rotatable bonds is 2. The van der Waals surface area contributed by atoms with Gasteiger partial charge in [0.25, 0.3) is 0 Å². The summed E-state index contributed by atoms with van der Waals surface area (Å²) in [4.78, 5) is 22.1. The Morgan fingerprint density at radius 2 is 2.32 bits per heavy atom. The minimum Gasteiger partial charge on any atom is -0.295 e. The standard InChI is InChI=1S/C13H13ClN4O/c1-8-6-18(10-4-5-16-12(14)17-10)11(19)13(8,7-15)9-2-3-9/h4-5,8-9H,2-3,6H2,1H3/t8-,13+/m0/s1. The number of hydrogen-bond donors (Lipinski definition) is 0. The second-order valence-electron chi connectivity index (χ2n) is 5.26. The Balaban J connectivity index is 1.99. The van der Waals surface area contributed by atoms with E-state index in [1.54, 1.807) is 11.0 Å². The highest BCUT2D eigenvalue weighted by Crippen LogP contribution is 2.54. The lowest BCUT2D eigenvalue weighted by molar-refractivity contribution is -0.124. The molecule has 2 atom stereocenters. The molecule has 1 aliphatic carbocycles. The van der Waals surface area contributed by atoms with Crippen molar-refractivity contribution in [1.82, 2.24) is 9.97 Å². The lowest BCUT2D eigenvalue weighted by Crippen LogP contribution is -2.37. The van der Waals surface area contributed by atoms with Gasteiger partial charge in [0, 0.05) is 18.7 Å². The van der Waals surface area contributed by atoms with Crippen LogP contribution in [-0.4, -0.2) is 22.4 Å². The first-order valence-corrected chi connectivity index (χ1v) is 6.69. The Kier molecular flexibility index (Phi) is 2.72. The minimum atomic E-state index is -0.878. The number of aromatic nitrogens is 2. The van der Waals surface area contributed by atoms with Crippen LogP contribution in [-0.2, 0) is 4.79 Å².